The highest BCUT2D eigenvalue weighted by molar-refractivity contribution is 7.98. The quantitative estimate of drug-likeness (QED) is 0.681. The first kappa shape index (κ1) is 17.9. The predicted molar refractivity (Wildman–Crippen MR) is 107 cm³/mol. The van der Waals surface area contributed by atoms with E-state index in [0.29, 0.717) is 16.9 Å². The number of rotatable bonds is 4. The average molecular weight is 399 g/mol. The molecule has 2 aromatic heterocycles. The number of para-hydroxylation sites is 1. The Morgan fingerprint density at radius 1 is 1.18 bits per heavy atom. The summed E-state index contributed by atoms with van der Waals surface area (Å²) in [6.45, 7) is 0.829. The number of anilines is 2. The van der Waals surface area contributed by atoms with Crippen LogP contribution in [0.2, 0.25) is 0 Å². The second kappa shape index (κ2) is 7.00. The summed E-state index contributed by atoms with van der Waals surface area (Å²) in [6, 6.07) is 8.27. The molecule has 0 amide bonds. The Morgan fingerprint density at radius 2 is 2.04 bits per heavy atom. The van der Waals surface area contributed by atoms with Crippen LogP contribution in [0.15, 0.2) is 36.9 Å². The van der Waals surface area contributed by atoms with E-state index in [4.69, 9.17) is 4.74 Å². The van der Waals surface area contributed by atoms with E-state index in [-0.39, 0.29) is 0 Å². The number of imidazole rings is 1. The Balaban J connectivity index is 1.54. The van der Waals surface area contributed by atoms with Crippen molar-refractivity contribution in [3.8, 4) is 0 Å². The van der Waals surface area contributed by atoms with Crippen LogP contribution in [-0.4, -0.2) is 66.6 Å². The molecule has 146 valence electrons. The number of benzene rings is 1. The van der Waals surface area contributed by atoms with Gasteiger partial charge in [0.2, 0.25) is 0 Å². The zero-order valence-corrected chi connectivity index (χ0v) is 16.2. The summed E-state index contributed by atoms with van der Waals surface area (Å²) in [5.74, 6) is 1.34. The topological polar surface area (TPSA) is 96.5 Å². The monoisotopic (exact) mass is 399 g/mol. The lowest BCUT2D eigenvalue weighted by atomic mass is 10.1. The first-order valence-electron chi connectivity index (χ1n) is 9.22. The van der Waals surface area contributed by atoms with Crippen molar-refractivity contribution in [2.24, 2.45) is 0 Å². The van der Waals surface area contributed by atoms with Gasteiger partial charge >= 0.3 is 0 Å². The molecule has 1 fully saturated rings. The summed E-state index contributed by atoms with van der Waals surface area (Å²) in [6.07, 6.45) is 2.86. The van der Waals surface area contributed by atoms with Crippen LogP contribution in [0.5, 0.6) is 0 Å². The van der Waals surface area contributed by atoms with Gasteiger partial charge in [-0.2, -0.15) is 11.8 Å². The maximum absolute atomic E-state index is 10.5. The summed E-state index contributed by atoms with van der Waals surface area (Å²) in [4.78, 5) is 15.6. The fraction of sp³-hybridized carbons (Fsp3) is 0.421. The minimum Gasteiger partial charge on any atom is -0.387 e. The fourth-order valence-electron chi connectivity index (χ4n) is 4.04. The smallest absolute Gasteiger partial charge is 0.167 e. The van der Waals surface area contributed by atoms with Crippen LogP contribution in [-0.2, 0) is 11.2 Å². The van der Waals surface area contributed by atoms with Crippen LogP contribution < -0.4 is 4.90 Å². The first-order chi connectivity index (χ1) is 13.7. The summed E-state index contributed by atoms with van der Waals surface area (Å²) < 4.78 is 7.62. The van der Waals surface area contributed by atoms with Crippen LogP contribution in [0.1, 0.15) is 11.8 Å². The lowest BCUT2D eigenvalue weighted by Crippen LogP contribution is -2.32. The summed E-state index contributed by atoms with van der Waals surface area (Å²) in [7, 11) is 0. The van der Waals surface area contributed by atoms with E-state index in [2.05, 4.69) is 32.0 Å². The Labute approximate surface area is 166 Å². The van der Waals surface area contributed by atoms with Crippen molar-refractivity contribution in [2.75, 3.05) is 23.5 Å². The highest BCUT2D eigenvalue weighted by Crippen LogP contribution is 2.37. The third kappa shape index (κ3) is 2.69. The van der Waals surface area contributed by atoms with Crippen molar-refractivity contribution in [1.29, 1.82) is 0 Å². The fourth-order valence-corrected chi connectivity index (χ4v) is 4.65. The number of thioether (sulfide) groups is 1. The van der Waals surface area contributed by atoms with Gasteiger partial charge in [0.15, 0.2) is 23.2 Å². The van der Waals surface area contributed by atoms with Gasteiger partial charge < -0.3 is 19.8 Å². The number of fused-ring (bicyclic) bond motifs is 2. The van der Waals surface area contributed by atoms with Crippen LogP contribution >= 0.6 is 11.8 Å². The van der Waals surface area contributed by atoms with Crippen molar-refractivity contribution in [3.05, 3.63) is 42.5 Å². The lowest BCUT2D eigenvalue weighted by molar-refractivity contribution is -0.0288. The van der Waals surface area contributed by atoms with E-state index in [9.17, 15) is 10.2 Å². The molecule has 0 aliphatic carbocycles. The number of hydrogen-bond donors (Lipinski definition) is 2. The molecule has 4 heterocycles. The highest BCUT2D eigenvalue weighted by atomic mass is 32.2. The van der Waals surface area contributed by atoms with E-state index in [0.717, 1.165) is 24.5 Å². The standard InChI is InChI=1S/C19H21N5O3S/c1-28-8-13-15(25)16(26)19(27-13)24-10-22-14-17(20-9-21-18(14)24)23-7-6-11-4-2-3-5-12(11)23/h2-5,9-10,13,15-16,19,25-26H,6-8H2,1H3/t13-,15-,16-,19-/m1/s1. The minimum atomic E-state index is -1.04. The number of aliphatic hydroxyl groups is 2. The molecule has 0 spiro atoms. The maximum atomic E-state index is 10.5. The number of hydrogen-bond acceptors (Lipinski definition) is 8. The van der Waals surface area contributed by atoms with E-state index in [1.165, 1.54) is 11.9 Å². The first-order valence-corrected chi connectivity index (χ1v) is 10.6. The third-order valence-corrected chi connectivity index (χ3v) is 6.09. The van der Waals surface area contributed by atoms with Crippen LogP contribution in [0.25, 0.3) is 11.2 Å². The van der Waals surface area contributed by atoms with Crippen LogP contribution in [0.3, 0.4) is 0 Å². The van der Waals surface area contributed by atoms with Crippen molar-refractivity contribution in [3.63, 3.8) is 0 Å². The third-order valence-electron chi connectivity index (χ3n) is 5.42. The second-order valence-corrected chi connectivity index (χ2v) is 7.96. The van der Waals surface area contributed by atoms with E-state index >= 15 is 0 Å². The largest absolute Gasteiger partial charge is 0.387 e. The normalized spacial score (nSPS) is 26.9. The van der Waals surface area contributed by atoms with Gasteiger partial charge in [-0.05, 0) is 24.3 Å². The van der Waals surface area contributed by atoms with Gasteiger partial charge in [0.05, 0.1) is 12.4 Å². The summed E-state index contributed by atoms with van der Waals surface area (Å²) in [5.41, 5.74) is 3.64. The molecule has 0 unspecified atom stereocenters. The summed E-state index contributed by atoms with van der Waals surface area (Å²) in [5, 5.41) is 20.8. The van der Waals surface area contributed by atoms with Crippen molar-refractivity contribution >= 4 is 34.4 Å². The molecular weight excluding hydrogens is 378 g/mol. The molecule has 8 nitrogen and oxygen atoms in total. The van der Waals surface area contributed by atoms with Crippen molar-refractivity contribution < 1.29 is 14.9 Å². The number of ether oxygens (including phenoxy) is 1. The number of aliphatic hydroxyl groups excluding tert-OH is 2. The van der Waals surface area contributed by atoms with Gasteiger partial charge in [-0.3, -0.25) is 4.57 Å². The minimum absolute atomic E-state index is 0.431. The van der Waals surface area contributed by atoms with E-state index in [1.54, 1.807) is 22.7 Å². The molecule has 2 N–H and O–H groups in total. The van der Waals surface area contributed by atoms with Gasteiger partial charge in [-0.25, -0.2) is 15.0 Å². The molecule has 28 heavy (non-hydrogen) atoms. The Hall–Kier alpha value is -2.20. The Bertz CT molecular complexity index is 1010. The van der Waals surface area contributed by atoms with Gasteiger partial charge in [-0.15, -0.1) is 0 Å². The number of nitrogens with zero attached hydrogens (tertiary/aromatic N) is 5. The Kier molecular flexibility index (Phi) is 4.47. The number of aromatic nitrogens is 4. The molecular formula is C19H21N5O3S. The molecule has 2 aliphatic heterocycles. The van der Waals surface area contributed by atoms with Crippen LogP contribution in [0, 0.1) is 0 Å². The van der Waals surface area contributed by atoms with E-state index in [1.807, 2.05) is 18.4 Å². The molecule has 1 aromatic carbocycles. The van der Waals surface area contributed by atoms with Gasteiger partial charge in [0, 0.05) is 18.0 Å². The zero-order chi connectivity index (χ0) is 19.3. The molecule has 4 atom stereocenters. The second-order valence-electron chi connectivity index (χ2n) is 7.05. The van der Waals surface area contributed by atoms with E-state index < -0.39 is 24.5 Å². The maximum Gasteiger partial charge on any atom is 0.167 e. The van der Waals surface area contributed by atoms with Crippen molar-refractivity contribution in [1.82, 2.24) is 19.5 Å². The van der Waals surface area contributed by atoms with Gasteiger partial charge in [0.25, 0.3) is 0 Å². The SMILES string of the molecule is CSC[C@H]1O[C@@H](n2cnc3c(N4CCc5ccccc54)ncnc32)[C@H](O)[C@@H]1O. The molecule has 9 heteroatoms. The highest BCUT2D eigenvalue weighted by Gasteiger charge is 2.44. The lowest BCUT2D eigenvalue weighted by Gasteiger charge is -2.19. The molecule has 3 aromatic rings. The molecule has 2 aliphatic rings. The zero-order valence-electron chi connectivity index (χ0n) is 15.3. The summed E-state index contributed by atoms with van der Waals surface area (Å²) >= 11 is 1.57. The van der Waals surface area contributed by atoms with Crippen LogP contribution in [0.4, 0.5) is 11.5 Å². The molecule has 5 rings (SSSR count). The molecule has 0 saturated carbocycles. The average Bonchev–Trinajstić information content (AvgIpc) is 3.40. The molecule has 0 bridgehead atoms. The van der Waals surface area contributed by atoms with Gasteiger partial charge in [-0.1, -0.05) is 18.2 Å². The molecule has 1 saturated heterocycles. The Morgan fingerprint density at radius 3 is 2.89 bits per heavy atom. The van der Waals surface area contributed by atoms with Gasteiger partial charge in [0.1, 0.15) is 18.5 Å². The molecule has 0 radical (unpaired) electrons. The van der Waals surface area contributed by atoms with Crippen molar-refractivity contribution in [2.45, 2.75) is 31.0 Å². The predicted octanol–water partition coefficient (Wildman–Crippen LogP) is 1.50.